The minimum Gasteiger partial charge on any atom is -0.309 e. The number of hydrogen-bond donors (Lipinski definition) is 1. The fourth-order valence-electron chi connectivity index (χ4n) is 1.51. The molecule has 0 saturated heterocycles. The molecule has 0 aliphatic rings. The monoisotopic (exact) mass is 356 g/mol. The molecule has 0 saturated carbocycles. The highest BCUT2D eigenvalue weighted by atomic mass is 79.9. The Balaban J connectivity index is 2.30. The molecule has 0 spiro atoms. The molecular formula is C12H10Br2N2O. The van der Waals surface area contributed by atoms with Gasteiger partial charge in [-0.2, -0.15) is 0 Å². The van der Waals surface area contributed by atoms with Gasteiger partial charge < -0.3 is 4.98 Å². The lowest BCUT2D eigenvalue weighted by atomic mass is 10.1. The minimum atomic E-state index is -0.135. The van der Waals surface area contributed by atoms with E-state index in [2.05, 4.69) is 41.8 Å². The van der Waals surface area contributed by atoms with Crippen LogP contribution in [0.3, 0.4) is 0 Å². The highest BCUT2D eigenvalue weighted by molar-refractivity contribution is 9.10. The molecule has 1 aromatic heterocycles. The van der Waals surface area contributed by atoms with Crippen LogP contribution >= 0.6 is 31.9 Å². The molecule has 0 bridgehead atoms. The van der Waals surface area contributed by atoms with Gasteiger partial charge in [-0.15, -0.1) is 0 Å². The van der Waals surface area contributed by atoms with Crippen molar-refractivity contribution in [2.75, 3.05) is 0 Å². The molecular weight excluding hydrogens is 348 g/mol. The van der Waals surface area contributed by atoms with Crippen LogP contribution in [0, 0.1) is 6.92 Å². The maximum absolute atomic E-state index is 11.6. The molecule has 0 radical (unpaired) electrons. The number of hydrogen-bond acceptors (Lipinski definition) is 2. The Bertz CT molecular complexity index is 590. The zero-order valence-electron chi connectivity index (χ0n) is 9.13. The summed E-state index contributed by atoms with van der Waals surface area (Å²) in [5.74, 6) is 0.679. The molecule has 0 unspecified atom stereocenters. The summed E-state index contributed by atoms with van der Waals surface area (Å²) in [6.45, 7) is 1.81. The second kappa shape index (κ2) is 5.14. The number of aromatic nitrogens is 2. The number of nitrogens with one attached hydrogen (secondary N) is 1. The Morgan fingerprint density at radius 2 is 1.88 bits per heavy atom. The van der Waals surface area contributed by atoms with Gasteiger partial charge in [-0.05, 0) is 40.5 Å². The number of nitrogens with zero attached hydrogens (tertiary/aromatic N) is 1. The lowest BCUT2D eigenvalue weighted by Crippen LogP contribution is -2.14. The van der Waals surface area contributed by atoms with Gasteiger partial charge in [0.1, 0.15) is 10.3 Å². The highest BCUT2D eigenvalue weighted by Crippen LogP contribution is 2.13. The van der Waals surface area contributed by atoms with Crippen LogP contribution in [0.5, 0.6) is 0 Å². The second-order valence-electron chi connectivity index (χ2n) is 3.72. The Hall–Kier alpha value is -0.940. The first kappa shape index (κ1) is 12.5. The third-order valence-corrected chi connectivity index (χ3v) is 3.82. The third-order valence-electron chi connectivity index (χ3n) is 2.36. The van der Waals surface area contributed by atoms with Gasteiger partial charge in [0.25, 0.3) is 5.56 Å². The number of H-pyrrole nitrogens is 1. The smallest absolute Gasteiger partial charge is 0.265 e. The number of halogens is 2. The van der Waals surface area contributed by atoms with Crippen molar-refractivity contribution in [1.29, 1.82) is 0 Å². The largest absolute Gasteiger partial charge is 0.309 e. The van der Waals surface area contributed by atoms with Crippen LogP contribution in [-0.4, -0.2) is 9.97 Å². The maximum Gasteiger partial charge on any atom is 0.265 e. The van der Waals surface area contributed by atoms with Crippen molar-refractivity contribution >= 4 is 31.9 Å². The molecule has 17 heavy (non-hydrogen) atoms. The summed E-state index contributed by atoms with van der Waals surface area (Å²) in [6.07, 6.45) is 0.622. The van der Waals surface area contributed by atoms with Crippen molar-refractivity contribution in [1.82, 2.24) is 9.97 Å². The minimum absolute atomic E-state index is 0.135. The van der Waals surface area contributed by atoms with Crippen LogP contribution < -0.4 is 5.56 Å². The first-order valence-corrected chi connectivity index (χ1v) is 6.64. The first-order valence-electron chi connectivity index (χ1n) is 5.06. The molecule has 5 heteroatoms. The van der Waals surface area contributed by atoms with Gasteiger partial charge in [-0.1, -0.05) is 28.1 Å². The Labute approximate surface area is 116 Å². The Kier molecular flexibility index (Phi) is 3.79. The van der Waals surface area contributed by atoms with Crippen molar-refractivity contribution in [2.45, 2.75) is 13.3 Å². The van der Waals surface area contributed by atoms with Crippen LogP contribution in [0.15, 0.2) is 38.0 Å². The molecule has 88 valence electrons. The van der Waals surface area contributed by atoms with Gasteiger partial charge in [0.2, 0.25) is 0 Å². The molecule has 0 amide bonds. The van der Waals surface area contributed by atoms with Gasteiger partial charge in [0, 0.05) is 10.9 Å². The quantitative estimate of drug-likeness (QED) is 0.897. The highest BCUT2D eigenvalue weighted by Gasteiger charge is 2.05. The van der Waals surface area contributed by atoms with Gasteiger partial charge in [0.15, 0.2) is 0 Å². The van der Waals surface area contributed by atoms with E-state index in [-0.39, 0.29) is 5.56 Å². The van der Waals surface area contributed by atoms with E-state index in [0.29, 0.717) is 22.4 Å². The maximum atomic E-state index is 11.6. The number of rotatable bonds is 2. The zero-order chi connectivity index (χ0) is 12.4. The normalized spacial score (nSPS) is 10.5. The number of aromatic amines is 1. The fourth-order valence-corrected chi connectivity index (χ4v) is 1.96. The van der Waals surface area contributed by atoms with Gasteiger partial charge in [0.05, 0.1) is 5.69 Å². The van der Waals surface area contributed by atoms with Crippen LogP contribution in [0.4, 0.5) is 0 Å². The van der Waals surface area contributed by atoms with Crippen LogP contribution in [-0.2, 0) is 6.42 Å². The second-order valence-corrected chi connectivity index (χ2v) is 5.42. The average molecular weight is 358 g/mol. The molecule has 2 aromatic rings. The van der Waals surface area contributed by atoms with Crippen LogP contribution in [0.2, 0.25) is 0 Å². The fraction of sp³-hybridized carbons (Fsp3) is 0.167. The predicted octanol–water partition coefficient (Wildman–Crippen LogP) is 3.19. The van der Waals surface area contributed by atoms with Gasteiger partial charge >= 0.3 is 0 Å². The van der Waals surface area contributed by atoms with E-state index >= 15 is 0 Å². The van der Waals surface area contributed by atoms with Crippen LogP contribution in [0.25, 0.3) is 0 Å². The Morgan fingerprint density at radius 3 is 2.47 bits per heavy atom. The van der Waals surface area contributed by atoms with E-state index in [0.717, 1.165) is 10.0 Å². The summed E-state index contributed by atoms with van der Waals surface area (Å²) in [5.41, 5.74) is 1.68. The molecule has 0 fully saturated rings. The van der Waals surface area contributed by atoms with Crippen molar-refractivity contribution in [2.24, 2.45) is 0 Å². The summed E-state index contributed by atoms with van der Waals surface area (Å²) in [7, 11) is 0. The summed E-state index contributed by atoms with van der Waals surface area (Å²) in [4.78, 5) is 18.6. The lowest BCUT2D eigenvalue weighted by Gasteiger charge is -2.03. The van der Waals surface area contributed by atoms with Crippen molar-refractivity contribution in [3.8, 4) is 0 Å². The van der Waals surface area contributed by atoms with Crippen LogP contribution in [0.1, 0.15) is 17.1 Å². The first-order chi connectivity index (χ1) is 8.06. The molecule has 2 rings (SSSR count). The van der Waals surface area contributed by atoms with E-state index in [1.165, 1.54) is 0 Å². The zero-order valence-corrected chi connectivity index (χ0v) is 12.3. The summed E-state index contributed by atoms with van der Waals surface area (Å²) in [6, 6.07) is 7.95. The van der Waals surface area contributed by atoms with Gasteiger partial charge in [-0.25, -0.2) is 4.98 Å². The molecule has 0 aliphatic heterocycles. The third kappa shape index (κ3) is 3.04. The Morgan fingerprint density at radius 1 is 1.24 bits per heavy atom. The van der Waals surface area contributed by atoms with Gasteiger partial charge in [-0.3, -0.25) is 4.79 Å². The standard InChI is InChI=1S/C12H10Br2N2O/c1-7-11(14)12(17)16-10(15-7)6-8-2-4-9(13)5-3-8/h2-5H,6H2,1H3,(H,15,16,17). The molecule has 0 atom stereocenters. The molecule has 1 N–H and O–H groups in total. The lowest BCUT2D eigenvalue weighted by molar-refractivity contribution is 0.911. The number of aryl methyl sites for hydroxylation is 1. The van der Waals surface area contributed by atoms with E-state index in [1.54, 1.807) is 0 Å². The van der Waals surface area contributed by atoms with E-state index in [4.69, 9.17) is 0 Å². The topological polar surface area (TPSA) is 45.8 Å². The average Bonchev–Trinajstić information content (AvgIpc) is 2.29. The number of benzene rings is 1. The van der Waals surface area contributed by atoms with Crippen molar-refractivity contribution in [3.63, 3.8) is 0 Å². The molecule has 1 aromatic carbocycles. The predicted molar refractivity (Wildman–Crippen MR) is 74.2 cm³/mol. The molecule has 3 nitrogen and oxygen atoms in total. The summed E-state index contributed by atoms with van der Waals surface area (Å²) in [5, 5.41) is 0. The summed E-state index contributed by atoms with van der Waals surface area (Å²) < 4.78 is 1.53. The summed E-state index contributed by atoms with van der Waals surface area (Å²) >= 11 is 6.58. The van der Waals surface area contributed by atoms with Crippen molar-refractivity contribution < 1.29 is 0 Å². The molecule has 1 heterocycles. The van der Waals surface area contributed by atoms with E-state index < -0.39 is 0 Å². The van der Waals surface area contributed by atoms with E-state index in [9.17, 15) is 4.79 Å². The molecule has 0 aliphatic carbocycles. The van der Waals surface area contributed by atoms with E-state index in [1.807, 2.05) is 31.2 Å². The van der Waals surface area contributed by atoms with Crippen molar-refractivity contribution in [3.05, 3.63) is 60.6 Å². The SMILES string of the molecule is Cc1nc(Cc2ccc(Br)cc2)[nH]c(=O)c1Br.